The van der Waals surface area contributed by atoms with E-state index in [-0.39, 0.29) is 0 Å². The highest BCUT2D eigenvalue weighted by molar-refractivity contribution is 7.90. The van der Waals surface area contributed by atoms with E-state index in [2.05, 4.69) is 14.9 Å². The topological polar surface area (TPSA) is 72.0 Å². The van der Waals surface area contributed by atoms with E-state index in [9.17, 15) is 8.42 Å². The Balaban J connectivity index is 2.22. The van der Waals surface area contributed by atoms with Gasteiger partial charge < -0.3 is 5.32 Å². The minimum atomic E-state index is -3.22. The van der Waals surface area contributed by atoms with Crippen molar-refractivity contribution in [2.45, 2.75) is 11.4 Å². The molecule has 0 aliphatic carbocycles. The summed E-state index contributed by atoms with van der Waals surface area (Å²) in [6, 6.07) is 6.80. The fourth-order valence-electron chi connectivity index (χ4n) is 1.38. The fraction of sp³-hybridized carbons (Fsp3) is 0.200. The quantitative estimate of drug-likeness (QED) is 0.911. The van der Waals surface area contributed by atoms with Gasteiger partial charge >= 0.3 is 0 Å². The average Bonchev–Trinajstić information content (AvgIpc) is 2.78. The van der Waals surface area contributed by atoms with Gasteiger partial charge in [0.1, 0.15) is 0 Å². The van der Waals surface area contributed by atoms with Crippen molar-refractivity contribution in [1.82, 2.24) is 9.59 Å². The van der Waals surface area contributed by atoms with E-state index in [1.165, 1.54) is 17.8 Å². The SMILES string of the molecule is CS(=O)(=O)c1ccccc1NCc1csnn1. The van der Waals surface area contributed by atoms with Crippen LogP contribution in [-0.4, -0.2) is 24.3 Å². The third-order valence-corrected chi connectivity index (χ3v) is 3.86. The molecule has 1 aromatic carbocycles. The molecule has 0 spiro atoms. The van der Waals surface area contributed by atoms with Crippen LogP contribution in [0.5, 0.6) is 0 Å². The molecular weight excluding hydrogens is 258 g/mol. The fourth-order valence-corrected chi connectivity index (χ4v) is 2.70. The van der Waals surface area contributed by atoms with Gasteiger partial charge in [-0.15, -0.1) is 5.10 Å². The summed E-state index contributed by atoms with van der Waals surface area (Å²) in [4.78, 5) is 0.295. The summed E-state index contributed by atoms with van der Waals surface area (Å²) in [6.07, 6.45) is 1.19. The molecule has 0 saturated heterocycles. The molecule has 0 unspecified atom stereocenters. The maximum atomic E-state index is 11.5. The van der Waals surface area contributed by atoms with Crippen molar-refractivity contribution >= 4 is 27.1 Å². The Bertz CT molecular complexity index is 594. The van der Waals surface area contributed by atoms with Crippen LogP contribution in [0.2, 0.25) is 0 Å². The lowest BCUT2D eigenvalue weighted by Crippen LogP contribution is -2.06. The Morgan fingerprint density at radius 1 is 1.35 bits per heavy atom. The number of rotatable bonds is 4. The van der Waals surface area contributed by atoms with Gasteiger partial charge in [-0.1, -0.05) is 16.6 Å². The number of nitrogens with zero attached hydrogens (tertiary/aromatic N) is 2. The Hall–Kier alpha value is -1.47. The normalized spacial score (nSPS) is 11.4. The van der Waals surface area contributed by atoms with Crippen LogP contribution in [0.15, 0.2) is 34.5 Å². The van der Waals surface area contributed by atoms with E-state index in [1.807, 2.05) is 5.38 Å². The molecule has 0 saturated carbocycles. The van der Waals surface area contributed by atoms with Gasteiger partial charge in [-0.2, -0.15) is 0 Å². The number of hydrogen-bond donors (Lipinski definition) is 1. The molecule has 0 radical (unpaired) electrons. The molecule has 0 amide bonds. The zero-order valence-electron chi connectivity index (χ0n) is 9.12. The standard InChI is InChI=1S/C10H11N3O2S2/c1-17(14,15)10-5-3-2-4-9(10)11-6-8-7-16-13-12-8/h2-5,7,11H,6H2,1H3. The maximum Gasteiger partial charge on any atom is 0.177 e. The summed E-state index contributed by atoms with van der Waals surface area (Å²) in [7, 11) is -3.22. The van der Waals surface area contributed by atoms with Gasteiger partial charge in [0.25, 0.3) is 0 Å². The molecule has 2 aromatic rings. The summed E-state index contributed by atoms with van der Waals surface area (Å²) >= 11 is 1.27. The Kier molecular flexibility index (Phi) is 3.39. The van der Waals surface area contributed by atoms with Gasteiger partial charge in [-0.25, -0.2) is 8.42 Å². The van der Waals surface area contributed by atoms with Crippen molar-refractivity contribution < 1.29 is 8.42 Å². The van der Waals surface area contributed by atoms with Gasteiger partial charge in [0.05, 0.1) is 22.8 Å². The molecule has 2 rings (SSSR count). The van der Waals surface area contributed by atoms with Gasteiger partial charge in [0.2, 0.25) is 0 Å². The van der Waals surface area contributed by atoms with Crippen molar-refractivity contribution in [2.24, 2.45) is 0 Å². The lowest BCUT2D eigenvalue weighted by molar-refractivity contribution is 0.602. The molecule has 0 bridgehead atoms. The molecule has 7 heteroatoms. The molecule has 0 fully saturated rings. The van der Waals surface area contributed by atoms with E-state index >= 15 is 0 Å². The summed E-state index contributed by atoms with van der Waals surface area (Å²) in [6.45, 7) is 0.461. The second kappa shape index (κ2) is 4.80. The largest absolute Gasteiger partial charge is 0.378 e. The molecule has 5 nitrogen and oxygen atoms in total. The predicted octanol–water partition coefficient (Wildman–Crippen LogP) is 1.55. The molecule has 17 heavy (non-hydrogen) atoms. The second-order valence-electron chi connectivity index (χ2n) is 3.52. The van der Waals surface area contributed by atoms with E-state index < -0.39 is 9.84 Å². The minimum absolute atomic E-state index is 0.295. The van der Waals surface area contributed by atoms with Gasteiger partial charge in [-0.3, -0.25) is 0 Å². The first-order valence-electron chi connectivity index (χ1n) is 4.86. The third kappa shape index (κ3) is 3.01. The molecule has 0 atom stereocenters. The van der Waals surface area contributed by atoms with Crippen molar-refractivity contribution in [3.63, 3.8) is 0 Å². The number of benzene rings is 1. The zero-order chi connectivity index (χ0) is 12.3. The third-order valence-electron chi connectivity index (χ3n) is 2.15. The first kappa shape index (κ1) is 12.0. The van der Waals surface area contributed by atoms with E-state index in [1.54, 1.807) is 24.3 Å². The van der Waals surface area contributed by atoms with Crippen molar-refractivity contribution in [3.8, 4) is 0 Å². The number of para-hydroxylation sites is 1. The van der Waals surface area contributed by atoms with Gasteiger partial charge in [0, 0.05) is 11.6 Å². The summed E-state index contributed by atoms with van der Waals surface area (Å²) < 4.78 is 26.8. The van der Waals surface area contributed by atoms with Gasteiger partial charge in [0.15, 0.2) is 9.84 Å². The van der Waals surface area contributed by atoms with Crippen molar-refractivity contribution in [1.29, 1.82) is 0 Å². The van der Waals surface area contributed by atoms with Crippen LogP contribution in [0.1, 0.15) is 5.69 Å². The monoisotopic (exact) mass is 269 g/mol. The number of anilines is 1. The first-order chi connectivity index (χ1) is 8.07. The Morgan fingerprint density at radius 2 is 2.12 bits per heavy atom. The lowest BCUT2D eigenvalue weighted by Gasteiger charge is -2.09. The van der Waals surface area contributed by atoms with Crippen LogP contribution in [0.3, 0.4) is 0 Å². The molecule has 0 aliphatic heterocycles. The Morgan fingerprint density at radius 3 is 2.76 bits per heavy atom. The lowest BCUT2D eigenvalue weighted by atomic mass is 10.3. The van der Waals surface area contributed by atoms with Gasteiger partial charge in [-0.05, 0) is 23.7 Å². The highest BCUT2D eigenvalue weighted by atomic mass is 32.2. The van der Waals surface area contributed by atoms with E-state index in [0.29, 0.717) is 17.1 Å². The van der Waals surface area contributed by atoms with Crippen LogP contribution in [-0.2, 0) is 16.4 Å². The number of aromatic nitrogens is 2. The number of sulfone groups is 1. The van der Waals surface area contributed by atoms with Crippen LogP contribution in [0.4, 0.5) is 5.69 Å². The summed E-state index contributed by atoms with van der Waals surface area (Å²) in [5.74, 6) is 0. The Labute approximate surface area is 104 Å². The predicted molar refractivity (Wildman–Crippen MR) is 66.8 cm³/mol. The molecule has 1 aromatic heterocycles. The molecular formula is C10H11N3O2S2. The van der Waals surface area contributed by atoms with Crippen LogP contribution < -0.4 is 5.32 Å². The molecule has 1 heterocycles. The van der Waals surface area contributed by atoms with Crippen LogP contribution >= 0.6 is 11.5 Å². The zero-order valence-corrected chi connectivity index (χ0v) is 10.8. The minimum Gasteiger partial charge on any atom is -0.378 e. The smallest absolute Gasteiger partial charge is 0.177 e. The van der Waals surface area contributed by atoms with Crippen molar-refractivity contribution in [3.05, 3.63) is 35.3 Å². The summed E-state index contributed by atoms with van der Waals surface area (Å²) in [5.41, 5.74) is 1.38. The molecule has 1 N–H and O–H groups in total. The first-order valence-corrected chi connectivity index (χ1v) is 7.59. The van der Waals surface area contributed by atoms with Crippen LogP contribution in [0.25, 0.3) is 0 Å². The molecule has 0 aliphatic rings. The average molecular weight is 269 g/mol. The van der Waals surface area contributed by atoms with Crippen molar-refractivity contribution in [2.75, 3.05) is 11.6 Å². The van der Waals surface area contributed by atoms with E-state index in [0.717, 1.165) is 5.69 Å². The summed E-state index contributed by atoms with van der Waals surface area (Å²) in [5, 5.41) is 8.74. The highest BCUT2D eigenvalue weighted by Gasteiger charge is 2.12. The molecule has 90 valence electrons. The maximum absolute atomic E-state index is 11.5. The number of nitrogens with one attached hydrogen (secondary N) is 1. The highest BCUT2D eigenvalue weighted by Crippen LogP contribution is 2.20. The van der Waals surface area contributed by atoms with Crippen LogP contribution in [0, 0.1) is 0 Å². The second-order valence-corrected chi connectivity index (χ2v) is 6.11. The number of hydrogen-bond acceptors (Lipinski definition) is 6. The van der Waals surface area contributed by atoms with E-state index in [4.69, 9.17) is 0 Å².